The van der Waals surface area contributed by atoms with Crippen molar-refractivity contribution in [1.29, 1.82) is 0 Å². The average molecular weight is 482 g/mol. The van der Waals surface area contributed by atoms with Gasteiger partial charge < -0.3 is 15.3 Å². The smallest absolute Gasteiger partial charge is 0.407 e. The van der Waals surface area contributed by atoms with Gasteiger partial charge in [-0.25, -0.2) is 18.2 Å². The lowest BCUT2D eigenvalue weighted by atomic mass is 9.85. The molecule has 2 amide bonds. The molecule has 11 heteroatoms. The van der Waals surface area contributed by atoms with E-state index < -0.39 is 32.9 Å². The highest BCUT2D eigenvalue weighted by Gasteiger charge is 2.38. The van der Waals surface area contributed by atoms with Crippen LogP contribution in [0, 0.1) is 11.0 Å². The summed E-state index contributed by atoms with van der Waals surface area (Å²) in [5, 5.41) is 11.3. The van der Waals surface area contributed by atoms with Crippen LogP contribution in [0.15, 0.2) is 35.4 Å². The van der Waals surface area contributed by atoms with Gasteiger partial charge in [0.15, 0.2) is 20.1 Å². The minimum absolute atomic E-state index is 0.0512. The van der Waals surface area contributed by atoms with Gasteiger partial charge in [-0.15, -0.1) is 0 Å². The number of nitrogens with zero attached hydrogens (tertiary/aromatic N) is 2. The average Bonchev–Trinajstić information content (AvgIpc) is 3.45. The molecule has 0 bridgehead atoms. The van der Waals surface area contributed by atoms with E-state index >= 15 is 0 Å². The van der Waals surface area contributed by atoms with Gasteiger partial charge in [-0.1, -0.05) is 23.5 Å². The fraction of sp³-hybridized carbons (Fsp3) is 0.476. The van der Waals surface area contributed by atoms with Crippen molar-refractivity contribution < 1.29 is 27.5 Å². The Labute approximate surface area is 189 Å². The van der Waals surface area contributed by atoms with Gasteiger partial charge in [0.05, 0.1) is 22.3 Å². The van der Waals surface area contributed by atoms with Gasteiger partial charge in [0, 0.05) is 12.6 Å². The first-order chi connectivity index (χ1) is 15.2. The Morgan fingerprint density at radius 2 is 1.97 bits per heavy atom. The number of sulfone groups is 1. The number of carboxylic acid groups (broad SMARTS) is 1. The molecule has 1 saturated carbocycles. The Bertz CT molecular complexity index is 1110. The first-order valence-corrected chi connectivity index (χ1v) is 12.8. The molecule has 2 aliphatic rings. The van der Waals surface area contributed by atoms with Crippen molar-refractivity contribution >= 4 is 38.3 Å². The van der Waals surface area contributed by atoms with Crippen LogP contribution in [0.1, 0.15) is 44.1 Å². The standard InChI is InChI=1S/C21H24FN3O5S2/c1-12-14(8-9-25(12)21(27)28)10-17(19(26)24-20-23-11-18(22)31-20)13-2-4-15(5-3-13)32(29,30)16-6-7-16/h2-5,11-12,14,16-17H,6-10H2,1H3,(H,27,28)(H,23,24,26)/t12?,14?,17-/m1/s1. The predicted octanol–water partition coefficient (Wildman–Crippen LogP) is 3.72. The molecule has 2 aromatic rings. The lowest BCUT2D eigenvalue weighted by Crippen LogP contribution is -2.35. The van der Waals surface area contributed by atoms with E-state index in [1.165, 1.54) is 17.0 Å². The van der Waals surface area contributed by atoms with Crippen LogP contribution >= 0.6 is 11.3 Å². The normalized spacial score (nSPS) is 22.0. The van der Waals surface area contributed by atoms with Gasteiger partial charge in [0.2, 0.25) is 5.91 Å². The lowest BCUT2D eigenvalue weighted by Gasteiger charge is -2.25. The number of amides is 2. The van der Waals surface area contributed by atoms with E-state index in [4.69, 9.17) is 0 Å². The van der Waals surface area contributed by atoms with Crippen LogP contribution in [0.2, 0.25) is 0 Å². The molecule has 2 fully saturated rings. The summed E-state index contributed by atoms with van der Waals surface area (Å²) in [6.07, 6.45) is 2.36. The van der Waals surface area contributed by atoms with E-state index in [1.54, 1.807) is 12.1 Å². The molecule has 2 unspecified atom stereocenters. The number of carbonyl (C=O) groups excluding carboxylic acids is 1. The second kappa shape index (κ2) is 8.78. The molecule has 3 atom stereocenters. The van der Waals surface area contributed by atoms with Crippen molar-refractivity contribution in [1.82, 2.24) is 9.88 Å². The van der Waals surface area contributed by atoms with Gasteiger partial charge in [-0.2, -0.15) is 4.39 Å². The van der Waals surface area contributed by atoms with Crippen LogP contribution in [-0.2, 0) is 14.6 Å². The third kappa shape index (κ3) is 4.63. The first-order valence-electron chi connectivity index (χ1n) is 10.4. The van der Waals surface area contributed by atoms with Crippen molar-refractivity contribution in [3.05, 3.63) is 41.2 Å². The van der Waals surface area contributed by atoms with Gasteiger partial charge >= 0.3 is 6.09 Å². The molecular weight excluding hydrogens is 457 g/mol. The van der Waals surface area contributed by atoms with E-state index in [-0.39, 0.29) is 27.2 Å². The molecule has 1 aliphatic heterocycles. The van der Waals surface area contributed by atoms with Crippen LogP contribution in [0.25, 0.3) is 0 Å². The number of likely N-dealkylation sites (tertiary alicyclic amines) is 1. The number of thiazole rings is 1. The molecule has 4 rings (SSSR count). The van der Waals surface area contributed by atoms with E-state index in [1.807, 2.05) is 6.92 Å². The molecule has 0 spiro atoms. The topological polar surface area (TPSA) is 117 Å². The van der Waals surface area contributed by atoms with Gasteiger partial charge in [0.1, 0.15) is 0 Å². The van der Waals surface area contributed by atoms with Gasteiger partial charge in [0.25, 0.3) is 0 Å². The Morgan fingerprint density at radius 3 is 2.50 bits per heavy atom. The van der Waals surface area contributed by atoms with Crippen molar-refractivity contribution in [3.8, 4) is 0 Å². The van der Waals surface area contributed by atoms with Crippen molar-refractivity contribution in [2.45, 2.75) is 54.7 Å². The number of aromatic nitrogens is 1. The summed E-state index contributed by atoms with van der Waals surface area (Å²) in [6.45, 7) is 2.22. The summed E-state index contributed by atoms with van der Waals surface area (Å²) in [6, 6.07) is 6.06. The molecule has 8 nitrogen and oxygen atoms in total. The Balaban J connectivity index is 1.58. The summed E-state index contributed by atoms with van der Waals surface area (Å²) in [5.41, 5.74) is 0.621. The molecule has 1 aliphatic carbocycles. The highest BCUT2D eigenvalue weighted by Crippen LogP contribution is 2.37. The third-order valence-electron chi connectivity index (χ3n) is 6.30. The zero-order valence-electron chi connectivity index (χ0n) is 17.4. The van der Waals surface area contributed by atoms with Crippen molar-refractivity contribution in [2.24, 2.45) is 5.92 Å². The second-order valence-electron chi connectivity index (χ2n) is 8.33. The molecule has 1 saturated heterocycles. The predicted molar refractivity (Wildman–Crippen MR) is 117 cm³/mol. The number of hydrogen-bond acceptors (Lipinski definition) is 6. The minimum Gasteiger partial charge on any atom is -0.465 e. The molecule has 0 radical (unpaired) electrons. The SMILES string of the molecule is CC1C(C[C@@H](C(=O)Nc2ncc(F)s2)c2ccc(S(=O)(=O)C3CC3)cc2)CCN1C(=O)O. The Kier molecular flexibility index (Phi) is 6.22. The summed E-state index contributed by atoms with van der Waals surface area (Å²) in [4.78, 5) is 30.0. The highest BCUT2D eigenvalue weighted by molar-refractivity contribution is 7.92. The summed E-state index contributed by atoms with van der Waals surface area (Å²) in [7, 11) is -3.34. The molecular formula is C21H24FN3O5S2. The lowest BCUT2D eigenvalue weighted by molar-refractivity contribution is -0.118. The van der Waals surface area contributed by atoms with Gasteiger partial charge in [-0.05, 0) is 56.2 Å². The minimum atomic E-state index is -3.34. The largest absolute Gasteiger partial charge is 0.465 e. The zero-order chi connectivity index (χ0) is 23.0. The zero-order valence-corrected chi connectivity index (χ0v) is 19.0. The Hall–Kier alpha value is -2.53. The monoisotopic (exact) mass is 481 g/mol. The summed E-state index contributed by atoms with van der Waals surface area (Å²) < 4.78 is 38.3. The Morgan fingerprint density at radius 1 is 1.28 bits per heavy atom. The summed E-state index contributed by atoms with van der Waals surface area (Å²) >= 11 is 0.717. The number of carbonyl (C=O) groups is 2. The fourth-order valence-corrected chi connectivity index (χ4v) is 6.46. The van der Waals surface area contributed by atoms with Crippen LogP contribution < -0.4 is 5.32 Å². The molecule has 32 heavy (non-hydrogen) atoms. The first kappa shape index (κ1) is 22.7. The van der Waals surface area contributed by atoms with E-state index in [9.17, 15) is 27.5 Å². The maximum atomic E-state index is 13.3. The quantitative estimate of drug-likeness (QED) is 0.623. The molecule has 172 valence electrons. The van der Waals surface area contributed by atoms with Crippen LogP contribution in [0.3, 0.4) is 0 Å². The maximum Gasteiger partial charge on any atom is 0.407 e. The third-order valence-corrected chi connectivity index (χ3v) is 9.28. The second-order valence-corrected chi connectivity index (χ2v) is 11.5. The van der Waals surface area contributed by atoms with Gasteiger partial charge in [-0.3, -0.25) is 4.79 Å². The van der Waals surface area contributed by atoms with Crippen molar-refractivity contribution in [3.63, 3.8) is 0 Å². The molecule has 1 aromatic carbocycles. The van der Waals surface area contributed by atoms with Crippen LogP contribution in [0.4, 0.5) is 14.3 Å². The molecule has 2 heterocycles. The van der Waals surface area contributed by atoms with E-state index in [0.29, 0.717) is 37.8 Å². The van der Waals surface area contributed by atoms with Crippen molar-refractivity contribution in [2.75, 3.05) is 11.9 Å². The number of anilines is 1. The molecule has 1 aromatic heterocycles. The number of nitrogens with one attached hydrogen (secondary N) is 1. The van der Waals surface area contributed by atoms with Crippen LogP contribution in [-0.4, -0.2) is 53.2 Å². The maximum absolute atomic E-state index is 13.3. The highest BCUT2D eigenvalue weighted by atomic mass is 32.2. The van der Waals surface area contributed by atoms with E-state index in [0.717, 1.165) is 17.5 Å². The van der Waals surface area contributed by atoms with Crippen LogP contribution in [0.5, 0.6) is 0 Å². The fourth-order valence-electron chi connectivity index (χ4n) is 4.25. The number of benzene rings is 1. The molecule has 2 N–H and O–H groups in total. The number of rotatable bonds is 7. The summed E-state index contributed by atoms with van der Waals surface area (Å²) in [5.74, 6) is -1.11. The van der Waals surface area contributed by atoms with E-state index in [2.05, 4.69) is 10.3 Å². The number of hydrogen-bond donors (Lipinski definition) is 2. The number of halogens is 1.